The molecule has 0 saturated heterocycles. The first-order valence-electron chi connectivity index (χ1n) is 6.46. The van der Waals surface area contributed by atoms with Gasteiger partial charge in [0.15, 0.2) is 6.10 Å². The van der Waals surface area contributed by atoms with Crippen molar-refractivity contribution in [3.63, 3.8) is 0 Å². The molecule has 6 heteroatoms. The molecule has 110 valence electrons. The van der Waals surface area contributed by atoms with Gasteiger partial charge in [0.25, 0.3) is 5.91 Å². The molecule has 0 aliphatic carbocycles. The van der Waals surface area contributed by atoms with Crippen LogP contribution in [0.25, 0.3) is 0 Å². The van der Waals surface area contributed by atoms with Crippen LogP contribution in [-0.4, -0.2) is 41.3 Å². The van der Waals surface area contributed by atoms with Gasteiger partial charge in [-0.3, -0.25) is 4.79 Å². The fraction of sp³-hybridized carbons (Fsp3) is 0.429. The lowest BCUT2D eigenvalue weighted by Crippen LogP contribution is -2.30. The number of carbonyl (C=O) groups is 2. The third-order valence-corrected chi connectivity index (χ3v) is 2.58. The molecular weight excluding hydrogens is 262 g/mol. The Kier molecular flexibility index (Phi) is 6.52. The van der Waals surface area contributed by atoms with E-state index in [1.165, 1.54) is 0 Å². The third-order valence-electron chi connectivity index (χ3n) is 2.58. The van der Waals surface area contributed by atoms with E-state index in [-0.39, 0.29) is 18.9 Å². The van der Waals surface area contributed by atoms with Gasteiger partial charge in [0.2, 0.25) is 0 Å². The van der Waals surface area contributed by atoms with Crippen LogP contribution in [-0.2, 0) is 4.79 Å². The molecule has 1 atom stereocenters. The molecule has 1 unspecified atom stereocenters. The maximum atomic E-state index is 11.7. The van der Waals surface area contributed by atoms with Gasteiger partial charge >= 0.3 is 5.97 Å². The minimum absolute atomic E-state index is 0.0290. The molecule has 0 radical (unpaired) electrons. The predicted molar refractivity (Wildman–Crippen MR) is 72.8 cm³/mol. The molecule has 0 aliphatic heterocycles. The van der Waals surface area contributed by atoms with Gasteiger partial charge in [0.05, 0.1) is 6.61 Å². The summed E-state index contributed by atoms with van der Waals surface area (Å²) in [4.78, 5) is 22.1. The molecule has 3 N–H and O–H groups in total. The van der Waals surface area contributed by atoms with Crippen LogP contribution in [0.1, 0.15) is 30.1 Å². The van der Waals surface area contributed by atoms with Crippen LogP contribution in [0.15, 0.2) is 24.3 Å². The first-order valence-corrected chi connectivity index (χ1v) is 6.46. The van der Waals surface area contributed by atoms with Crippen molar-refractivity contribution >= 4 is 11.9 Å². The largest absolute Gasteiger partial charge is 0.494 e. The van der Waals surface area contributed by atoms with Crippen molar-refractivity contribution in [2.24, 2.45) is 0 Å². The summed E-state index contributed by atoms with van der Waals surface area (Å²) in [5.74, 6) is -0.911. The standard InChI is InChI=1S/C14H19NO5/c1-2-9-20-11-5-3-10(4-6-11)13(17)15-8-7-12(16)14(18)19/h3-6,12,16H,2,7-9H2,1H3,(H,15,17)(H,18,19). The van der Waals surface area contributed by atoms with Crippen LogP contribution < -0.4 is 10.1 Å². The van der Waals surface area contributed by atoms with Gasteiger partial charge in [-0.2, -0.15) is 0 Å². The summed E-state index contributed by atoms with van der Waals surface area (Å²) in [5.41, 5.74) is 0.457. The number of nitrogens with one attached hydrogen (secondary N) is 1. The van der Waals surface area contributed by atoms with E-state index in [9.17, 15) is 9.59 Å². The molecule has 6 nitrogen and oxygen atoms in total. The van der Waals surface area contributed by atoms with E-state index in [1.807, 2.05) is 6.92 Å². The van der Waals surface area contributed by atoms with Crippen LogP contribution in [0.5, 0.6) is 5.75 Å². The molecule has 1 amide bonds. The van der Waals surface area contributed by atoms with Crippen molar-refractivity contribution in [2.75, 3.05) is 13.2 Å². The van der Waals surface area contributed by atoms with Crippen molar-refractivity contribution in [3.8, 4) is 5.75 Å². The molecule has 0 aliphatic rings. The number of hydrogen-bond donors (Lipinski definition) is 3. The first kappa shape index (κ1) is 16.0. The van der Waals surface area contributed by atoms with Crippen molar-refractivity contribution < 1.29 is 24.5 Å². The van der Waals surface area contributed by atoms with Gasteiger partial charge in [-0.1, -0.05) is 6.92 Å². The maximum absolute atomic E-state index is 11.7. The van der Waals surface area contributed by atoms with E-state index in [0.29, 0.717) is 17.9 Å². The van der Waals surface area contributed by atoms with Crippen molar-refractivity contribution in [1.29, 1.82) is 0 Å². The number of ether oxygens (including phenoxy) is 1. The quantitative estimate of drug-likeness (QED) is 0.661. The number of aliphatic hydroxyl groups is 1. The zero-order valence-corrected chi connectivity index (χ0v) is 11.3. The molecule has 0 saturated carbocycles. The topological polar surface area (TPSA) is 95.9 Å². The number of hydrogen-bond acceptors (Lipinski definition) is 4. The number of rotatable bonds is 8. The highest BCUT2D eigenvalue weighted by Gasteiger charge is 2.13. The van der Waals surface area contributed by atoms with Crippen LogP contribution in [0.2, 0.25) is 0 Å². The van der Waals surface area contributed by atoms with E-state index in [4.69, 9.17) is 14.9 Å². The van der Waals surface area contributed by atoms with Gasteiger partial charge in [0, 0.05) is 18.5 Å². The van der Waals surface area contributed by atoms with Crippen molar-refractivity contribution in [1.82, 2.24) is 5.32 Å². The van der Waals surface area contributed by atoms with Crippen LogP contribution >= 0.6 is 0 Å². The summed E-state index contributed by atoms with van der Waals surface area (Å²) in [6.45, 7) is 2.73. The van der Waals surface area contributed by atoms with Crippen molar-refractivity contribution in [3.05, 3.63) is 29.8 Å². The monoisotopic (exact) mass is 281 g/mol. The van der Waals surface area contributed by atoms with Gasteiger partial charge in [-0.15, -0.1) is 0 Å². The first-order chi connectivity index (χ1) is 9.54. The Morgan fingerprint density at radius 3 is 2.50 bits per heavy atom. The Hall–Kier alpha value is -2.08. The number of benzene rings is 1. The highest BCUT2D eigenvalue weighted by atomic mass is 16.5. The molecular formula is C14H19NO5. The normalized spacial score (nSPS) is 11.7. The summed E-state index contributed by atoms with van der Waals surface area (Å²) < 4.78 is 5.40. The minimum Gasteiger partial charge on any atom is -0.494 e. The Bertz CT molecular complexity index is 443. The zero-order valence-electron chi connectivity index (χ0n) is 11.3. The molecule has 1 rings (SSSR count). The summed E-state index contributed by atoms with van der Waals surface area (Å²) in [5, 5.41) is 20.1. The second kappa shape index (κ2) is 8.16. The molecule has 1 aromatic carbocycles. The lowest BCUT2D eigenvalue weighted by molar-refractivity contribution is -0.146. The van der Waals surface area contributed by atoms with Gasteiger partial charge in [-0.25, -0.2) is 4.79 Å². The van der Waals surface area contributed by atoms with Crippen LogP contribution in [0.4, 0.5) is 0 Å². The lowest BCUT2D eigenvalue weighted by atomic mass is 10.2. The Balaban J connectivity index is 2.41. The number of carboxylic acid groups (broad SMARTS) is 1. The summed E-state index contributed by atoms with van der Waals surface area (Å²) >= 11 is 0. The maximum Gasteiger partial charge on any atom is 0.332 e. The SMILES string of the molecule is CCCOc1ccc(C(=O)NCCC(O)C(=O)O)cc1. The fourth-order valence-electron chi connectivity index (χ4n) is 1.47. The third kappa shape index (κ3) is 5.27. The van der Waals surface area contributed by atoms with Crippen molar-refractivity contribution in [2.45, 2.75) is 25.9 Å². The minimum atomic E-state index is -1.46. The summed E-state index contributed by atoms with van der Waals surface area (Å²) in [6, 6.07) is 6.68. The second-order valence-electron chi connectivity index (χ2n) is 4.27. The van der Waals surface area contributed by atoms with E-state index >= 15 is 0 Å². The average Bonchev–Trinajstić information content (AvgIpc) is 2.45. The molecule has 0 fully saturated rings. The Labute approximate surface area is 117 Å². The molecule has 0 heterocycles. The molecule has 0 aromatic heterocycles. The Morgan fingerprint density at radius 1 is 1.30 bits per heavy atom. The molecule has 20 heavy (non-hydrogen) atoms. The number of carbonyl (C=O) groups excluding carboxylic acids is 1. The predicted octanol–water partition coefficient (Wildman–Crippen LogP) is 1.04. The average molecular weight is 281 g/mol. The summed E-state index contributed by atoms with van der Waals surface area (Å²) in [6.07, 6.45) is -0.576. The van der Waals surface area contributed by atoms with E-state index < -0.39 is 12.1 Å². The summed E-state index contributed by atoms with van der Waals surface area (Å²) in [7, 11) is 0. The van der Waals surface area contributed by atoms with E-state index in [1.54, 1.807) is 24.3 Å². The smallest absolute Gasteiger partial charge is 0.332 e. The number of amides is 1. The second-order valence-corrected chi connectivity index (χ2v) is 4.27. The van der Waals surface area contributed by atoms with Gasteiger partial charge in [-0.05, 0) is 30.7 Å². The molecule has 1 aromatic rings. The zero-order chi connectivity index (χ0) is 15.0. The van der Waals surface area contributed by atoms with Gasteiger partial charge < -0.3 is 20.3 Å². The van der Waals surface area contributed by atoms with Crippen LogP contribution in [0.3, 0.4) is 0 Å². The molecule has 0 spiro atoms. The number of carboxylic acids is 1. The van der Waals surface area contributed by atoms with E-state index in [2.05, 4.69) is 5.32 Å². The highest BCUT2D eigenvalue weighted by Crippen LogP contribution is 2.12. The highest BCUT2D eigenvalue weighted by molar-refractivity contribution is 5.94. The number of aliphatic carboxylic acids is 1. The molecule has 0 bridgehead atoms. The van der Waals surface area contributed by atoms with Gasteiger partial charge in [0.1, 0.15) is 5.75 Å². The lowest BCUT2D eigenvalue weighted by Gasteiger charge is -2.08. The Morgan fingerprint density at radius 2 is 1.95 bits per heavy atom. The number of aliphatic hydroxyl groups excluding tert-OH is 1. The van der Waals surface area contributed by atoms with E-state index in [0.717, 1.165) is 6.42 Å². The van der Waals surface area contributed by atoms with Crippen LogP contribution in [0, 0.1) is 0 Å². The fourth-order valence-corrected chi connectivity index (χ4v) is 1.47.